The molecule has 2 aromatic rings. The highest BCUT2D eigenvalue weighted by Crippen LogP contribution is 2.23. The van der Waals surface area contributed by atoms with Crippen LogP contribution in [-0.2, 0) is 11.3 Å². The molecule has 8 nitrogen and oxygen atoms in total. The van der Waals surface area contributed by atoms with E-state index in [0.717, 1.165) is 11.4 Å². The van der Waals surface area contributed by atoms with Gasteiger partial charge in [-0.05, 0) is 17.5 Å². The molecule has 8 heteroatoms. The Bertz CT molecular complexity index is 924. The molecule has 2 amide bonds. The largest absolute Gasteiger partial charge is 0.477 e. The number of rotatable bonds is 6. The van der Waals surface area contributed by atoms with E-state index in [-0.39, 0.29) is 18.4 Å². The number of fused-ring (bicyclic) bond motifs is 1. The third kappa shape index (κ3) is 4.37. The third-order valence-electron chi connectivity index (χ3n) is 5.37. The van der Waals surface area contributed by atoms with Gasteiger partial charge < -0.3 is 19.4 Å². The summed E-state index contributed by atoms with van der Waals surface area (Å²) < 4.78 is 5.69. The van der Waals surface area contributed by atoms with E-state index >= 15 is 0 Å². The van der Waals surface area contributed by atoms with Crippen LogP contribution in [0.1, 0.15) is 29.8 Å². The van der Waals surface area contributed by atoms with Crippen molar-refractivity contribution in [3.05, 3.63) is 47.8 Å². The average Bonchev–Trinajstić information content (AvgIpc) is 3.08. The molecule has 0 spiro atoms. The second kappa shape index (κ2) is 8.69. The van der Waals surface area contributed by atoms with Crippen LogP contribution in [0.25, 0.3) is 0 Å². The Kier molecular flexibility index (Phi) is 5.83. The summed E-state index contributed by atoms with van der Waals surface area (Å²) in [5.74, 6) is 1.72. The first-order valence-electron chi connectivity index (χ1n) is 10.4. The van der Waals surface area contributed by atoms with Crippen molar-refractivity contribution in [1.82, 2.24) is 19.8 Å². The number of nitrogens with zero attached hydrogens (tertiary/aromatic N) is 5. The molecule has 3 heterocycles. The number of carbonyl (C=O) groups is 2. The van der Waals surface area contributed by atoms with E-state index in [0.29, 0.717) is 56.7 Å². The van der Waals surface area contributed by atoms with Crippen LogP contribution in [0, 0.1) is 5.92 Å². The molecule has 2 aliphatic heterocycles. The van der Waals surface area contributed by atoms with Crippen LogP contribution in [-0.4, -0.2) is 70.9 Å². The Morgan fingerprint density at radius 3 is 2.63 bits per heavy atom. The molecule has 158 valence electrons. The lowest BCUT2D eigenvalue weighted by atomic mass is 10.1. The Labute approximate surface area is 176 Å². The van der Waals surface area contributed by atoms with Crippen molar-refractivity contribution in [2.24, 2.45) is 5.92 Å². The SMILES string of the molecule is CC(C)COc1cc(N2CCN(C(=O)CN3Cc4ccccc4C3=O)CC2)ncn1. The molecule has 1 saturated heterocycles. The topological polar surface area (TPSA) is 78.9 Å². The highest BCUT2D eigenvalue weighted by atomic mass is 16.5. The van der Waals surface area contributed by atoms with Gasteiger partial charge in [0, 0.05) is 44.4 Å². The van der Waals surface area contributed by atoms with Crippen LogP contribution in [0.2, 0.25) is 0 Å². The van der Waals surface area contributed by atoms with Gasteiger partial charge in [-0.3, -0.25) is 9.59 Å². The molecule has 1 aromatic carbocycles. The zero-order chi connectivity index (χ0) is 21.1. The van der Waals surface area contributed by atoms with Gasteiger partial charge in [-0.15, -0.1) is 0 Å². The molecular formula is C22H27N5O3. The quantitative estimate of drug-likeness (QED) is 0.724. The summed E-state index contributed by atoms with van der Waals surface area (Å²) >= 11 is 0. The van der Waals surface area contributed by atoms with Crippen LogP contribution in [0.15, 0.2) is 36.7 Å². The van der Waals surface area contributed by atoms with E-state index < -0.39 is 0 Å². The summed E-state index contributed by atoms with van der Waals surface area (Å²) in [5.41, 5.74) is 1.69. The number of hydrogen-bond acceptors (Lipinski definition) is 6. The predicted octanol–water partition coefficient (Wildman–Crippen LogP) is 1.82. The minimum Gasteiger partial charge on any atom is -0.477 e. The Hall–Kier alpha value is -3.16. The Balaban J connectivity index is 1.30. The number of aromatic nitrogens is 2. The van der Waals surface area contributed by atoms with Crippen molar-refractivity contribution in [3.8, 4) is 5.88 Å². The van der Waals surface area contributed by atoms with Crippen LogP contribution in [0.4, 0.5) is 5.82 Å². The smallest absolute Gasteiger partial charge is 0.254 e. The van der Waals surface area contributed by atoms with E-state index in [2.05, 4.69) is 28.7 Å². The predicted molar refractivity (Wildman–Crippen MR) is 112 cm³/mol. The number of amides is 2. The number of hydrogen-bond donors (Lipinski definition) is 0. The minimum atomic E-state index is -0.0625. The van der Waals surface area contributed by atoms with E-state index in [1.54, 1.807) is 4.90 Å². The van der Waals surface area contributed by atoms with Crippen LogP contribution < -0.4 is 9.64 Å². The Morgan fingerprint density at radius 1 is 1.13 bits per heavy atom. The number of ether oxygens (including phenoxy) is 1. The van der Waals surface area contributed by atoms with Gasteiger partial charge in [0.2, 0.25) is 11.8 Å². The second-order valence-corrected chi connectivity index (χ2v) is 8.11. The van der Waals surface area contributed by atoms with Gasteiger partial charge in [0.1, 0.15) is 18.7 Å². The van der Waals surface area contributed by atoms with Crippen LogP contribution in [0.5, 0.6) is 5.88 Å². The van der Waals surface area contributed by atoms with E-state index in [9.17, 15) is 9.59 Å². The average molecular weight is 409 g/mol. The van der Waals surface area contributed by atoms with Gasteiger partial charge in [-0.1, -0.05) is 32.0 Å². The lowest BCUT2D eigenvalue weighted by Gasteiger charge is -2.36. The molecule has 0 saturated carbocycles. The summed E-state index contributed by atoms with van der Waals surface area (Å²) in [6.07, 6.45) is 1.51. The highest BCUT2D eigenvalue weighted by molar-refractivity contribution is 6.00. The van der Waals surface area contributed by atoms with Crippen LogP contribution >= 0.6 is 0 Å². The molecule has 30 heavy (non-hydrogen) atoms. The van der Waals surface area contributed by atoms with E-state index in [1.807, 2.05) is 35.2 Å². The summed E-state index contributed by atoms with van der Waals surface area (Å²) in [6.45, 7) is 7.97. The molecule has 0 atom stereocenters. The first kappa shape index (κ1) is 20.1. The maximum atomic E-state index is 12.8. The molecule has 0 radical (unpaired) electrons. The van der Waals surface area contributed by atoms with Crippen molar-refractivity contribution >= 4 is 17.6 Å². The minimum absolute atomic E-state index is 0.0144. The molecule has 0 unspecified atom stereocenters. The fourth-order valence-electron chi connectivity index (χ4n) is 3.72. The zero-order valence-electron chi connectivity index (χ0n) is 17.5. The number of anilines is 1. The van der Waals surface area contributed by atoms with E-state index in [1.165, 1.54) is 6.33 Å². The highest BCUT2D eigenvalue weighted by Gasteiger charge is 2.30. The van der Waals surface area contributed by atoms with Gasteiger partial charge in [0.15, 0.2) is 0 Å². The molecular weight excluding hydrogens is 382 g/mol. The van der Waals surface area contributed by atoms with E-state index in [4.69, 9.17) is 4.74 Å². The monoisotopic (exact) mass is 409 g/mol. The molecule has 0 bridgehead atoms. The third-order valence-corrected chi connectivity index (χ3v) is 5.37. The standard InChI is InChI=1S/C22H27N5O3/c1-16(2)14-30-20-11-19(23-15-24-20)25-7-9-26(10-8-25)21(28)13-27-12-17-5-3-4-6-18(17)22(27)29/h3-6,11,15-16H,7-10,12-14H2,1-2H3. The first-order valence-corrected chi connectivity index (χ1v) is 10.4. The maximum Gasteiger partial charge on any atom is 0.254 e. The molecule has 0 aliphatic carbocycles. The van der Waals surface area contributed by atoms with Crippen molar-refractivity contribution in [2.75, 3.05) is 44.2 Å². The van der Waals surface area contributed by atoms with Crippen molar-refractivity contribution in [3.63, 3.8) is 0 Å². The van der Waals surface area contributed by atoms with Gasteiger partial charge in [0.05, 0.1) is 6.61 Å². The number of carbonyl (C=O) groups excluding carboxylic acids is 2. The maximum absolute atomic E-state index is 12.8. The Morgan fingerprint density at radius 2 is 1.90 bits per heavy atom. The van der Waals surface area contributed by atoms with Crippen molar-refractivity contribution in [1.29, 1.82) is 0 Å². The van der Waals surface area contributed by atoms with Gasteiger partial charge in [0.25, 0.3) is 5.91 Å². The second-order valence-electron chi connectivity index (χ2n) is 8.11. The van der Waals surface area contributed by atoms with Gasteiger partial charge >= 0.3 is 0 Å². The lowest BCUT2D eigenvalue weighted by molar-refractivity contribution is -0.132. The zero-order valence-corrected chi connectivity index (χ0v) is 17.5. The fraction of sp³-hybridized carbons (Fsp3) is 0.455. The molecule has 2 aliphatic rings. The molecule has 1 aromatic heterocycles. The van der Waals surface area contributed by atoms with Crippen molar-refractivity contribution < 1.29 is 14.3 Å². The number of piperazine rings is 1. The molecule has 0 N–H and O–H groups in total. The molecule has 4 rings (SSSR count). The van der Waals surface area contributed by atoms with Crippen molar-refractivity contribution in [2.45, 2.75) is 20.4 Å². The lowest BCUT2D eigenvalue weighted by Crippen LogP contribution is -2.51. The summed E-state index contributed by atoms with van der Waals surface area (Å²) in [5, 5.41) is 0. The van der Waals surface area contributed by atoms with Gasteiger partial charge in [-0.25, -0.2) is 9.97 Å². The van der Waals surface area contributed by atoms with Crippen LogP contribution in [0.3, 0.4) is 0 Å². The fourth-order valence-corrected chi connectivity index (χ4v) is 3.72. The van der Waals surface area contributed by atoms with Gasteiger partial charge in [-0.2, -0.15) is 0 Å². The molecule has 1 fully saturated rings. The normalized spacial score (nSPS) is 16.2. The first-order chi connectivity index (χ1) is 14.5. The summed E-state index contributed by atoms with van der Waals surface area (Å²) in [6, 6.07) is 9.38. The number of benzene rings is 1. The summed E-state index contributed by atoms with van der Waals surface area (Å²) in [7, 11) is 0. The summed E-state index contributed by atoms with van der Waals surface area (Å²) in [4.78, 5) is 39.4.